The average Bonchev–Trinajstić information content (AvgIpc) is 3.15. The van der Waals surface area contributed by atoms with E-state index in [1.165, 1.54) is 13.2 Å². The van der Waals surface area contributed by atoms with E-state index in [0.717, 1.165) is 38.8 Å². The van der Waals surface area contributed by atoms with Gasteiger partial charge in [0.15, 0.2) is 6.04 Å². The number of carbonyl (C=O) groups is 1. The summed E-state index contributed by atoms with van der Waals surface area (Å²) >= 11 is 0. The van der Waals surface area contributed by atoms with Gasteiger partial charge in [0, 0.05) is 37.5 Å². The van der Waals surface area contributed by atoms with Crippen LogP contribution in [0.3, 0.4) is 0 Å². The van der Waals surface area contributed by atoms with Crippen LogP contribution in [0.1, 0.15) is 42.9 Å². The molecule has 140 valence electrons. The standard InChI is InChI=1S/C17H24FN3O3.ClH/c1-23-17-12(9-20-16(22)14-5-2-6-19-14)8-13(18)15(21-17)11-4-3-7-24-10-11;/h8,11,14,19H,2-7,9-10H2,1H3,(H,20,22);1H/t11?,14-;/m0./s1. The third-order valence-electron chi connectivity index (χ3n) is 4.74. The van der Waals surface area contributed by atoms with Crippen molar-refractivity contribution < 1.29 is 36.4 Å². The van der Waals surface area contributed by atoms with Gasteiger partial charge in [-0.1, -0.05) is 0 Å². The van der Waals surface area contributed by atoms with Crippen LogP contribution in [0.2, 0.25) is 0 Å². The van der Waals surface area contributed by atoms with Gasteiger partial charge in [-0.15, -0.1) is 0 Å². The van der Waals surface area contributed by atoms with Gasteiger partial charge in [0.1, 0.15) is 5.82 Å². The van der Waals surface area contributed by atoms with Gasteiger partial charge in [0.05, 0.1) is 26.0 Å². The molecule has 2 saturated heterocycles. The molecule has 1 amide bonds. The van der Waals surface area contributed by atoms with E-state index in [2.05, 4.69) is 10.3 Å². The maximum Gasteiger partial charge on any atom is 0.278 e. The number of hydrogen-bond acceptors (Lipinski definition) is 4. The zero-order chi connectivity index (χ0) is 16.9. The number of nitrogens with one attached hydrogen (secondary N) is 1. The van der Waals surface area contributed by atoms with Gasteiger partial charge < -0.3 is 32.5 Å². The van der Waals surface area contributed by atoms with Crippen LogP contribution in [0.15, 0.2) is 6.07 Å². The van der Waals surface area contributed by atoms with Crippen LogP contribution >= 0.6 is 0 Å². The molecule has 0 bridgehead atoms. The maximum absolute atomic E-state index is 14.5. The molecular weight excluding hydrogens is 349 g/mol. The van der Waals surface area contributed by atoms with Gasteiger partial charge in [-0.3, -0.25) is 4.79 Å². The molecule has 0 aliphatic carbocycles. The number of aromatic nitrogens is 1. The van der Waals surface area contributed by atoms with E-state index in [0.29, 0.717) is 23.7 Å². The monoisotopic (exact) mass is 373 g/mol. The van der Waals surface area contributed by atoms with Crippen molar-refractivity contribution in [1.82, 2.24) is 10.3 Å². The first-order valence-electron chi connectivity index (χ1n) is 8.61. The normalized spacial score (nSPS) is 23.0. The van der Waals surface area contributed by atoms with Crippen molar-refractivity contribution in [3.63, 3.8) is 0 Å². The lowest BCUT2D eigenvalue weighted by atomic mass is 9.97. The second-order valence-electron chi connectivity index (χ2n) is 6.43. The summed E-state index contributed by atoms with van der Waals surface area (Å²) in [7, 11) is 1.51. The van der Waals surface area contributed by atoms with E-state index in [1.807, 2.05) is 5.32 Å². The Bertz CT molecular complexity index is 591. The predicted octanol–water partition coefficient (Wildman–Crippen LogP) is -2.53. The molecular formula is C17H25ClFN3O3. The summed E-state index contributed by atoms with van der Waals surface area (Å²) in [4.78, 5) is 16.5. The number of pyridine rings is 1. The second-order valence-corrected chi connectivity index (χ2v) is 6.43. The molecule has 3 rings (SSSR count). The summed E-state index contributed by atoms with van der Waals surface area (Å²) < 4.78 is 25.2. The molecule has 0 aromatic carbocycles. The van der Waals surface area contributed by atoms with Crippen molar-refractivity contribution in [3.8, 4) is 5.88 Å². The minimum Gasteiger partial charge on any atom is -1.00 e. The number of quaternary nitrogens is 1. The Labute approximate surface area is 153 Å². The van der Waals surface area contributed by atoms with E-state index in [-0.39, 0.29) is 42.6 Å². The zero-order valence-electron chi connectivity index (χ0n) is 14.4. The first kappa shape index (κ1) is 19.9. The predicted molar refractivity (Wildman–Crippen MR) is 85.2 cm³/mol. The van der Waals surface area contributed by atoms with Crippen molar-refractivity contribution in [1.29, 1.82) is 0 Å². The van der Waals surface area contributed by atoms with E-state index < -0.39 is 0 Å². The lowest BCUT2D eigenvalue weighted by molar-refractivity contribution is -0.657. The third kappa shape index (κ3) is 4.80. The number of ether oxygens (including phenoxy) is 2. The number of hydrogen-bond donors (Lipinski definition) is 2. The number of halogens is 2. The van der Waals surface area contributed by atoms with E-state index >= 15 is 0 Å². The number of nitrogens with two attached hydrogens (primary N) is 1. The third-order valence-corrected chi connectivity index (χ3v) is 4.74. The van der Waals surface area contributed by atoms with E-state index in [9.17, 15) is 9.18 Å². The van der Waals surface area contributed by atoms with Crippen LogP contribution in [0.4, 0.5) is 4.39 Å². The van der Waals surface area contributed by atoms with E-state index in [1.54, 1.807) is 0 Å². The minimum absolute atomic E-state index is 0. The fraction of sp³-hybridized carbons (Fsp3) is 0.647. The number of nitrogens with zero attached hydrogens (tertiary/aromatic N) is 1. The minimum atomic E-state index is -0.358. The molecule has 3 heterocycles. The molecule has 6 nitrogen and oxygen atoms in total. The van der Waals surface area contributed by atoms with Crippen LogP contribution in [0, 0.1) is 5.82 Å². The SMILES string of the molecule is COc1nc(C2CCCOC2)c(F)cc1CNC(=O)[C@@H]1CCC[NH2+]1.[Cl-]. The van der Waals surface area contributed by atoms with Gasteiger partial charge in [-0.05, 0) is 18.9 Å². The van der Waals surface area contributed by atoms with E-state index in [4.69, 9.17) is 9.47 Å². The molecule has 25 heavy (non-hydrogen) atoms. The molecule has 1 aromatic rings. The highest BCUT2D eigenvalue weighted by Crippen LogP contribution is 2.29. The van der Waals surface area contributed by atoms with Crippen LogP contribution in [0.25, 0.3) is 0 Å². The van der Waals surface area contributed by atoms with Crippen molar-refractivity contribution in [3.05, 3.63) is 23.1 Å². The van der Waals surface area contributed by atoms with Crippen LogP contribution < -0.4 is 27.8 Å². The van der Waals surface area contributed by atoms with Crippen LogP contribution in [0.5, 0.6) is 5.88 Å². The smallest absolute Gasteiger partial charge is 0.278 e. The number of methoxy groups -OCH3 is 1. The summed E-state index contributed by atoms with van der Waals surface area (Å²) in [6.07, 6.45) is 3.70. The highest BCUT2D eigenvalue weighted by Gasteiger charge is 2.27. The fourth-order valence-electron chi connectivity index (χ4n) is 3.40. The zero-order valence-corrected chi connectivity index (χ0v) is 15.2. The molecule has 3 N–H and O–H groups in total. The lowest BCUT2D eigenvalue weighted by Crippen LogP contribution is -3.00. The molecule has 2 atom stereocenters. The molecule has 1 aromatic heterocycles. The molecule has 0 spiro atoms. The highest BCUT2D eigenvalue weighted by atomic mass is 35.5. The molecule has 0 saturated carbocycles. The Kier molecular flexibility index (Phi) is 7.40. The number of amides is 1. The molecule has 2 fully saturated rings. The molecule has 2 aliphatic heterocycles. The Hall–Kier alpha value is -1.44. The number of carbonyl (C=O) groups excluding carboxylic acids is 1. The average molecular weight is 374 g/mol. The van der Waals surface area contributed by atoms with Crippen LogP contribution in [-0.2, 0) is 16.1 Å². The Balaban J connectivity index is 0.00000225. The van der Waals surface area contributed by atoms with Gasteiger partial charge in [0.25, 0.3) is 5.91 Å². The highest BCUT2D eigenvalue weighted by molar-refractivity contribution is 5.80. The largest absolute Gasteiger partial charge is 1.00 e. The maximum atomic E-state index is 14.5. The molecule has 2 aliphatic rings. The van der Waals surface area contributed by atoms with Crippen molar-refractivity contribution in [2.75, 3.05) is 26.9 Å². The first-order valence-corrected chi connectivity index (χ1v) is 8.61. The van der Waals surface area contributed by atoms with Crippen LogP contribution in [-0.4, -0.2) is 43.8 Å². The van der Waals surface area contributed by atoms with Gasteiger partial charge in [0.2, 0.25) is 5.88 Å². The number of rotatable bonds is 5. The topological polar surface area (TPSA) is 77.1 Å². The summed E-state index contributed by atoms with van der Waals surface area (Å²) in [5.74, 6) is -0.0419. The molecule has 8 heteroatoms. The fourth-order valence-corrected chi connectivity index (χ4v) is 3.40. The van der Waals surface area contributed by atoms with Crippen molar-refractivity contribution in [2.45, 2.75) is 44.2 Å². The first-order chi connectivity index (χ1) is 11.7. The second kappa shape index (κ2) is 9.31. The van der Waals surface area contributed by atoms with Gasteiger partial charge >= 0.3 is 0 Å². The Morgan fingerprint density at radius 1 is 1.48 bits per heavy atom. The van der Waals surface area contributed by atoms with Gasteiger partial charge in [-0.25, -0.2) is 9.37 Å². The summed E-state index contributed by atoms with van der Waals surface area (Å²) in [6.45, 7) is 2.41. The molecule has 0 radical (unpaired) electrons. The Morgan fingerprint density at radius 2 is 2.32 bits per heavy atom. The summed E-state index contributed by atoms with van der Waals surface area (Å²) in [5.41, 5.74) is 0.951. The molecule has 1 unspecified atom stereocenters. The lowest BCUT2D eigenvalue weighted by Gasteiger charge is -2.23. The van der Waals surface area contributed by atoms with Gasteiger partial charge in [-0.2, -0.15) is 0 Å². The van der Waals surface area contributed by atoms with Crippen molar-refractivity contribution in [2.24, 2.45) is 0 Å². The summed E-state index contributed by atoms with van der Waals surface area (Å²) in [5, 5.41) is 4.90. The summed E-state index contributed by atoms with van der Waals surface area (Å²) in [6, 6.07) is 1.39. The Morgan fingerprint density at radius 3 is 2.96 bits per heavy atom. The van der Waals surface area contributed by atoms with Crippen molar-refractivity contribution >= 4 is 5.91 Å². The quantitative estimate of drug-likeness (QED) is 0.597.